The van der Waals surface area contributed by atoms with Gasteiger partial charge in [-0.15, -0.1) is 0 Å². The van der Waals surface area contributed by atoms with Gasteiger partial charge in [0, 0.05) is 5.39 Å². The lowest BCUT2D eigenvalue weighted by atomic mass is 10.1. The Hall–Kier alpha value is -3.68. The lowest BCUT2D eigenvalue weighted by Crippen LogP contribution is -2.44. The van der Waals surface area contributed by atoms with Gasteiger partial charge in [0.1, 0.15) is 5.75 Å². The number of aryl methyl sites for hydroxylation is 2. The smallest absolute Gasteiger partial charge is 0.290 e. The quantitative estimate of drug-likeness (QED) is 0.604. The number of nitrogens with zero attached hydrogens (tertiary/aromatic N) is 1. The normalized spacial score (nSPS) is 10.4. The second-order valence-electron chi connectivity index (χ2n) is 6.01. The van der Waals surface area contributed by atoms with Gasteiger partial charge >= 0.3 is 0 Å². The van der Waals surface area contributed by atoms with Crippen molar-refractivity contribution in [1.82, 2.24) is 21.0 Å². The Morgan fingerprint density at radius 3 is 2.59 bits per heavy atom. The van der Waals surface area contributed by atoms with E-state index in [4.69, 9.17) is 4.74 Å². The van der Waals surface area contributed by atoms with E-state index in [2.05, 4.69) is 21.0 Å². The van der Waals surface area contributed by atoms with Gasteiger partial charge in [-0.2, -0.15) is 5.10 Å². The van der Waals surface area contributed by atoms with E-state index in [1.54, 1.807) is 24.3 Å². The number of hydrogen-bond acceptors (Lipinski definition) is 5. The number of carbonyl (C=O) groups excluding carboxylic acids is 2. The van der Waals surface area contributed by atoms with Gasteiger partial charge in [-0.25, -0.2) is 5.10 Å². The second kappa shape index (κ2) is 7.69. The number of fused-ring (bicyclic) bond motifs is 1. The van der Waals surface area contributed by atoms with Gasteiger partial charge in [-0.05, 0) is 37.1 Å². The maximum absolute atomic E-state index is 12.3. The Labute approximate surface area is 154 Å². The Bertz CT molecular complexity index is 1070. The van der Waals surface area contributed by atoms with E-state index in [0.717, 1.165) is 11.1 Å². The third kappa shape index (κ3) is 4.12. The molecule has 0 spiro atoms. The first-order valence-corrected chi connectivity index (χ1v) is 8.22. The van der Waals surface area contributed by atoms with Gasteiger partial charge in [0.05, 0.1) is 5.39 Å². The van der Waals surface area contributed by atoms with Gasteiger partial charge in [0.2, 0.25) is 0 Å². The molecule has 0 bridgehead atoms. The van der Waals surface area contributed by atoms with Crippen LogP contribution in [0.15, 0.2) is 47.3 Å². The first-order chi connectivity index (χ1) is 13.0. The molecule has 0 unspecified atom stereocenters. The van der Waals surface area contributed by atoms with Crippen LogP contribution in [0.1, 0.15) is 21.6 Å². The number of carbonyl (C=O) groups is 2. The fourth-order valence-electron chi connectivity index (χ4n) is 2.52. The number of H-pyrrole nitrogens is 1. The largest absolute Gasteiger partial charge is 0.483 e. The van der Waals surface area contributed by atoms with Crippen molar-refractivity contribution in [3.63, 3.8) is 0 Å². The average molecular weight is 366 g/mol. The highest BCUT2D eigenvalue weighted by Crippen LogP contribution is 2.18. The van der Waals surface area contributed by atoms with Gasteiger partial charge < -0.3 is 4.74 Å². The molecule has 0 aliphatic heterocycles. The summed E-state index contributed by atoms with van der Waals surface area (Å²) in [4.78, 5) is 36.0. The zero-order valence-corrected chi connectivity index (χ0v) is 14.8. The standard InChI is InChI=1S/C19H18N4O4/c1-11-7-8-12(2)15(9-11)27-10-16(24)20-23-19(26)17-13-5-3-4-6-14(13)18(25)22-21-17/h3-9H,10H2,1-2H3,(H,20,24)(H,22,25)(H,23,26). The molecule has 8 nitrogen and oxygen atoms in total. The fraction of sp³-hybridized carbons (Fsp3) is 0.158. The first kappa shape index (κ1) is 18.1. The maximum atomic E-state index is 12.3. The summed E-state index contributed by atoms with van der Waals surface area (Å²) in [7, 11) is 0. The second-order valence-corrected chi connectivity index (χ2v) is 6.01. The lowest BCUT2D eigenvalue weighted by molar-refractivity contribution is -0.123. The number of aromatic amines is 1. The summed E-state index contributed by atoms with van der Waals surface area (Å²) in [5.74, 6) is -0.578. The highest BCUT2D eigenvalue weighted by atomic mass is 16.5. The Balaban J connectivity index is 1.62. The van der Waals surface area contributed by atoms with Gasteiger partial charge in [-0.3, -0.25) is 25.2 Å². The summed E-state index contributed by atoms with van der Waals surface area (Å²) in [6.45, 7) is 3.54. The van der Waals surface area contributed by atoms with Crippen LogP contribution in [0, 0.1) is 13.8 Å². The summed E-state index contributed by atoms with van der Waals surface area (Å²) in [6, 6.07) is 12.3. The minimum absolute atomic E-state index is 0.000877. The van der Waals surface area contributed by atoms with E-state index < -0.39 is 17.4 Å². The van der Waals surface area contributed by atoms with Crippen LogP contribution < -0.4 is 21.1 Å². The SMILES string of the molecule is Cc1ccc(C)c(OCC(=O)NNC(=O)c2n[nH]c(=O)c3ccccc23)c1. The van der Waals surface area contributed by atoms with E-state index in [-0.39, 0.29) is 12.3 Å². The maximum Gasteiger partial charge on any atom is 0.290 e. The third-order valence-corrected chi connectivity index (χ3v) is 3.93. The van der Waals surface area contributed by atoms with E-state index in [9.17, 15) is 14.4 Å². The van der Waals surface area contributed by atoms with Crippen LogP contribution in [0.2, 0.25) is 0 Å². The van der Waals surface area contributed by atoms with Crippen molar-refractivity contribution in [2.24, 2.45) is 0 Å². The van der Waals surface area contributed by atoms with E-state index in [1.165, 1.54) is 0 Å². The van der Waals surface area contributed by atoms with Crippen LogP contribution in [0.4, 0.5) is 0 Å². The zero-order chi connectivity index (χ0) is 19.4. The number of aromatic nitrogens is 2. The molecular weight excluding hydrogens is 348 g/mol. The highest BCUT2D eigenvalue weighted by Gasteiger charge is 2.15. The zero-order valence-electron chi connectivity index (χ0n) is 14.8. The van der Waals surface area contributed by atoms with Crippen molar-refractivity contribution in [2.75, 3.05) is 6.61 Å². The summed E-state index contributed by atoms with van der Waals surface area (Å²) >= 11 is 0. The number of hydrogen-bond donors (Lipinski definition) is 3. The molecule has 138 valence electrons. The number of amides is 2. The topological polar surface area (TPSA) is 113 Å². The molecule has 27 heavy (non-hydrogen) atoms. The fourth-order valence-corrected chi connectivity index (χ4v) is 2.52. The molecule has 8 heteroatoms. The predicted molar refractivity (Wildman–Crippen MR) is 99.4 cm³/mol. The highest BCUT2D eigenvalue weighted by molar-refractivity contribution is 6.05. The van der Waals surface area contributed by atoms with Crippen LogP contribution in [0.3, 0.4) is 0 Å². The number of benzene rings is 2. The molecule has 0 radical (unpaired) electrons. The Kier molecular flexibility index (Phi) is 5.16. The summed E-state index contributed by atoms with van der Waals surface area (Å²) in [6.07, 6.45) is 0. The van der Waals surface area contributed by atoms with Crippen molar-refractivity contribution < 1.29 is 14.3 Å². The number of nitrogens with one attached hydrogen (secondary N) is 3. The number of ether oxygens (including phenoxy) is 1. The van der Waals surface area contributed by atoms with Crippen molar-refractivity contribution >= 4 is 22.6 Å². The van der Waals surface area contributed by atoms with Gasteiger partial charge in [-0.1, -0.05) is 30.3 Å². The molecule has 0 aliphatic carbocycles. The molecule has 0 atom stereocenters. The molecule has 0 saturated heterocycles. The molecule has 0 saturated carbocycles. The molecular formula is C19H18N4O4. The molecule has 1 heterocycles. The monoisotopic (exact) mass is 366 g/mol. The van der Waals surface area contributed by atoms with Crippen LogP contribution in [-0.2, 0) is 4.79 Å². The molecule has 0 aliphatic rings. The minimum Gasteiger partial charge on any atom is -0.483 e. The number of rotatable bonds is 4. The van der Waals surface area contributed by atoms with Crippen molar-refractivity contribution in [3.8, 4) is 5.75 Å². The molecule has 1 aromatic heterocycles. The summed E-state index contributed by atoms with van der Waals surface area (Å²) in [5, 5.41) is 6.76. The van der Waals surface area contributed by atoms with Gasteiger partial charge in [0.25, 0.3) is 17.4 Å². The Morgan fingerprint density at radius 2 is 1.81 bits per heavy atom. The van der Waals surface area contributed by atoms with Crippen LogP contribution in [-0.4, -0.2) is 28.6 Å². The first-order valence-electron chi connectivity index (χ1n) is 8.22. The van der Waals surface area contributed by atoms with Gasteiger partial charge in [0.15, 0.2) is 12.3 Å². The molecule has 3 N–H and O–H groups in total. The van der Waals surface area contributed by atoms with Crippen molar-refractivity contribution in [1.29, 1.82) is 0 Å². The van der Waals surface area contributed by atoms with E-state index in [0.29, 0.717) is 16.5 Å². The predicted octanol–water partition coefficient (Wildman–Crippen LogP) is 1.38. The Morgan fingerprint density at radius 1 is 1.07 bits per heavy atom. The van der Waals surface area contributed by atoms with E-state index in [1.807, 2.05) is 32.0 Å². The van der Waals surface area contributed by atoms with Crippen LogP contribution >= 0.6 is 0 Å². The third-order valence-electron chi connectivity index (χ3n) is 3.93. The van der Waals surface area contributed by atoms with Crippen molar-refractivity contribution in [2.45, 2.75) is 13.8 Å². The average Bonchev–Trinajstić information content (AvgIpc) is 2.67. The van der Waals surface area contributed by atoms with E-state index >= 15 is 0 Å². The molecule has 3 rings (SSSR count). The van der Waals surface area contributed by atoms with Crippen molar-refractivity contribution in [3.05, 3.63) is 69.6 Å². The molecule has 0 fully saturated rings. The molecule has 2 aromatic carbocycles. The summed E-state index contributed by atoms with van der Waals surface area (Å²) < 4.78 is 5.48. The van der Waals surface area contributed by atoms with Crippen LogP contribution in [0.5, 0.6) is 5.75 Å². The molecule has 3 aromatic rings. The lowest BCUT2D eigenvalue weighted by Gasteiger charge is -2.11. The molecule has 2 amide bonds. The minimum atomic E-state index is -0.650. The number of hydrazine groups is 1. The van der Waals surface area contributed by atoms with Crippen LogP contribution in [0.25, 0.3) is 10.8 Å². The summed E-state index contributed by atoms with van der Waals surface area (Å²) in [5.41, 5.74) is 6.06.